The average Bonchev–Trinajstić information content (AvgIpc) is 2.74. The predicted octanol–water partition coefficient (Wildman–Crippen LogP) is 1.27. The van der Waals surface area contributed by atoms with E-state index in [4.69, 9.17) is 0 Å². The summed E-state index contributed by atoms with van der Waals surface area (Å²) in [6.45, 7) is 8.69. The van der Waals surface area contributed by atoms with Gasteiger partial charge in [-0.3, -0.25) is 4.79 Å². The van der Waals surface area contributed by atoms with Gasteiger partial charge in [0.15, 0.2) is 0 Å². The van der Waals surface area contributed by atoms with E-state index in [9.17, 15) is 13.2 Å². The predicted molar refractivity (Wildman–Crippen MR) is 93.8 cm³/mol. The van der Waals surface area contributed by atoms with Crippen LogP contribution in [0.15, 0.2) is 23.1 Å². The number of anilines is 1. The second kappa shape index (κ2) is 5.82. The number of hydrogen-bond donors (Lipinski definition) is 0. The fraction of sp³-hybridized carbons (Fsp3) is 0.588. The first-order valence-electron chi connectivity index (χ1n) is 8.34. The molecule has 0 aromatic heterocycles. The number of benzene rings is 1. The summed E-state index contributed by atoms with van der Waals surface area (Å²) in [7, 11) is -1.53. The van der Waals surface area contributed by atoms with Gasteiger partial charge >= 0.3 is 0 Å². The van der Waals surface area contributed by atoms with Crippen molar-refractivity contribution in [3.8, 4) is 0 Å². The highest BCUT2D eigenvalue weighted by molar-refractivity contribution is 7.89. The molecule has 6 nitrogen and oxygen atoms in total. The third-order valence-corrected chi connectivity index (χ3v) is 7.02. The molecule has 1 aromatic carbocycles. The zero-order valence-electron chi connectivity index (χ0n) is 14.7. The number of rotatable bonds is 3. The quantitative estimate of drug-likeness (QED) is 0.823. The van der Waals surface area contributed by atoms with Crippen LogP contribution < -0.4 is 4.90 Å². The van der Waals surface area contributed by atoms with Crippen molar-refractivity contribution in [1.29, 1.82) is 0 Å². The van der Waals surface area contributed by atoms with Gasteiger partial charge < -0.3 is 9.80 Å². The first-order valence-corrected chi connectivity index (χ1v) is 9.78. The summed E-state index contributed by atoms with van der Waals surface area (Å²) in [6, 6.07) is 5.09. The van der Waals surface area contributed by atoms with Gasteiger partial charge in [-0.1, -0.05) is 0 Å². The molecule has 0 saturated carbocycles. The smallest absolute Gasteiger partial charge is 0.243 e. The lowest BCUT2D eigenvalue weighted by Gasteiger charge is -2.31. The average molecular weight is 351 g/mol. The number of hydrogen-bond acceptors (Lipinski definition) is 4. The van der Waals surface area contributed by atoms with Crippen LogP contribution in [0.2, 0.25) is 0 Å². The van der Waals surface area contributed by atoms with Crippen LogP contribution in [-0.4, -0.2) is 63.3 Å². The minimum Gasteiger partial charge on any atom is -0.312 e. The molecule has 2 aliphatic heterocycles. The molecule has 1 aromatic rings. The Bertz CT molecular complexity index is 765. The van der Waals surface area contributed by atoms with Crippen LogP contribution in [0.5, 0.6) is 0 Å². The summed E-state index contributed by atoms with van der Waals surface area (Å²) in [6.07, 6.45) is 0. The van der Waals surface area contributed by atoms with E-state index in [2.05, 4.69) is 4.90 Å². The molecule has 24 heavy (non-hydrogen) atoms. The zero-order chi connectivity index (χ0) is 17.7. The van der Waals surface area contributed by atoms with E-state index in [0.717, 1.165) is 24.3 Å². The lowest BCUT2D eigenvalue weighted by molar-refractivity contribution is -0.122. The van der Waals surface area contributed by atoms with E-state index in [1.54, 1.807) is 23.1 Å². The SMILES string of the molecule is CCN1C(=O)C(C)(C)c2cc(S(=O)(=O)N3CCN(C)CC3)ccc21. The monoisotopic (exact) mass is 351 g/mol. The van der Waals surface area contributed by atoms with E-state index in [0.29, 0.717) is 19.6 Å². The maximum absolute atomic E-state index is 12.9. The molecule has 0 atom stereocenters. The minimum absolute atomic E-state index is 0.0224. The molecular formula is C17H25N3O3S. The van der Waals surface area contributed by atoms with E-state index in [1.807, 2.05) is 27.8 Å². The van der Waals surface area contributed by atoms with Gasteiger partial charge in [0.05, 0.1) is 10.3 Å². The summed E-state index contributed by atoms with van der Waals surface area (Å²) in [4.78, 5) is 16.7. The van der Waals surface area contributed by atoms with Gasteiger partial charge in [-0.05, 0) is 51.6 Å². The van der Waals surface area contributed by atoms with Crippen molar-refractivity contribution >= 4 is 21.6 Å². The largest absolute Gasteiger partial charge is 0.312 e. The van der Waals surface area contributed by atoms with Gasteiger partial charge in [0.2, 0.25) is 15.9 Å². The Hall–Kier alpha value is -1.44. The lowest BCUT2D eigenvalue weighted by atomic mass is 9.86. The maximum Gasteiger partial charge on any atom is 0.243 e. The Kier molecular flexibility index (Phi) is 4.22. The molecule has 1 fully saturated rings. The van der Waals surface area contributed by atoms with E-state index in [1.165, 1.54) is 4.31 Å². The number of piperazine rings is 1. The Morgan fingerprint density at radius 3 is 2.33 bits per heavy atom. The molecule has 1 saturated heterocycles. The lowest BCUT2D eigenvalue weighted by Crippen LogP contribution is -2.47. The van der Waals surface area contributed by atoms with Gasteiger partial charge in [-0.15, -0.1) is 0 Å². The second-order valence-electron chi connectivity index (χ2n) is 7.06. The second-order valence-corrected chi connectivity index (χ2v) is 9.00. The highest BCUT2D eigenvalue weighted by Gasteiger charge is 2.44. The summed E-state index contributed by atoms with van der Waals surface area (Å²) < 4.78 is 27.4. The number of nitrogens with zero attached hydrogens (tertiary/aromatic N) is 3. The van der Waals surface area contributed by atoms with Crippen LogP contribution in [0.1, 0.15) is 26.3 Å². The highest BCUT2D eigenvalue weighted by atomic mass is 32.2. The summed E-state index contributed by atoms with van der Waals surface area (Å²) in [5.41, 5.74) is 0.924. The molecule has 2 heterocycles. The fourth-order valence-electron chi connectivity index (χ4n) is 3.47. The Morgan fingerprint density at radius 2 is 1.75 bits per heavy atom. The van der Waals surface area contributed by atoms with Crippen molar-refractivity contribution in [2.24, 2.45) is 0 Å². The number of carbonyl (C=O) groups excluding carboxylic acids is 1. The van der Waals surface area contributed by atoms with E-state index < -0.39 is 15.4 Å². The van der Waals surface area contributed by atoms with Crippen LogP contribution in [0.25, 0.3) is 0 Å². The van der Waals surface area contributed by atoms with Gasteiger partial charge in [-0.25, -0.2) is 8.42 Å². The van der Waals surface area contributed by atoms with Crippen molar-refractivity contribution in [2.75, 3.05) is 44.7 Å². The highest BCUT2D eigenvalue weighted by Crippen LogP contribution is 2.42. The number of fused-ring (bicyclic) bond motifs is 1. The van der Waals surface area contributed by atoms with Gasteiger partial charge in [0, 0.05) is 38.4 Å². The minimum atomic E-state index is -3.52. The first-order chi connectivity index (χ1) is 11.2. The molecule has 7 heteroatoms. The summed E-state index contributed by atoms with van der Waals surface area (Å²) >= 11 is 0. The van der Waals surface area contributed by atoms with E-state index >= 15 is 0 Å². The van der Waals surface area contributed by atoms with Crippen molar-refractivity contribution in [2.45, 2.75) is 31.1 Å². The standard InChI is InChI=1S/C17H25N3O3S/c1-5-20-15-7-6-13(12-14(15)17(2,3)16(20)21)24(22,23)19-10-8-18(4)9-11-19/h6-7,12H,5,8-11H2,1-4H3. The molecule has 3 rings (SSSR count). The van der Waals surface area contributed by atoms with E-state index in [-0.39, 0.29) is 10.8 Å². The van der Waals surface area contributed by atoms with Crippen molar-refractivity contribution < 1.29 is 13.2 Å². The van der Waals surface area contributed by atoms with Crippen LogP contribution in [-0.2, 0) is 20.2 Å². The van der Waals surface area contributed by atoms with Gasteiger partial charge in [0.1, 0.15) is 0 Å². The summed E-state index contributed by atoms with van der Waals surface area (Å²) in [5.74, 6) is 0.0224. The number of sulfonamides is 1. The third-order valence-electron chi connectivity index (χ3n) is 5.13. The molecule has 0 unspecified atom stereocenters. The number of carbonyl (C=O) groups is 1. The van der Waals surface area contributed by atoms with Gasteiger partial charge in [0.25, 0.3) is 0 Å². The normalized spacial score (nSPS) is 22.0. The first kappa shape index (κ1) is 17.4. The topological polar surface area (TPSA) is 60.9 Å². The van der Waals surface area contributed by atoms with Crippen LogP contribution in [0, 0.1) is 0 Å². The van der Waals surface area contributed by atoms with Crippen molar-refractivity contribution in [1.82, 2.24) is 9.21 Å². The maximum atomic E-state index is 12.9. The molecule has 0 spiro atoms. The third kappa shape index (κ3) is 2.55. The Morgan fingerprint density at radius 1 is 1.12 bits per heavy atom. The zero-order valence-corrected chi connectivity index (χ0v) is 15.6. The molecule has 0 aliphatic carbocycles. The Labute approximate surface area is 144 Å². The van der Waals surface area contributed by atoms with Crippen molar-refractivity contribution in [3.05, 3.63) is 23.8 Å². The van der Waals surface area contributed by atoms with Gasteiger partial charge in [-0.2, -0.15) is 4.31 Å². The van der Waals surface area contributed by atoms with Crippen LogP contribution >= 0.6 is 0 Å². The Balaban J connectivity index is 2.00. The molecule has 132 valence electrons. The number of amides is 1. The van der Waals surface area contributed by atoms with Crippen LogP contribution in [0.3, 0.4) is 0 Å². The molecule has 2 aliphatic rings. The summed E-state index contributed by atoms with van der Waals surface area (Å²) in [5, 5.41) is 0. The molecule has 0 bridgehead atoms. The van der Waals surface area contributed by atoms with Crippen LogP contribution in [0.4, 0.5) is 5.69 Å². The molecule has 1 amide bonds. The molecular weight excluding hydrogens is 326 g/mol. The fourth-order valence-corrected chi connectivity index (χ4v) is 4.91. The van der Waals surface area contributed by atoms with Crippen molar-refractivity contribution in [3.63, 3.8) is 0 Å². The molecule has 0 N–H and O–H groups in total. The number of likely N-dealkylation sites (N-methyl/N-ethyl adjacent to an activating group) is 2. The molecule has 0 radical (unpaired) electrons.